The van der Waals surface area contributed by atoms with Crippen LogP contribution in [-0.2, 0) is 4.79 Å². The number of anilines is 2. The van der Waals surface area contributed by atoms with Gasteiger partial charge in [0.05, 0.1) is 0 Å². The van der Waals surface area contributed by atoms with E-state index in [1.807, 2.05) is 24.3 Å². The van der Waals surface area contributed by atoms with Crippen molar-refractivity contribution in [3.05, 3.63) is 24.3 Å². The summed E-state index contributed by atoms with van der Waals surface area (Å²) in [6, 6.07) is 7.74. The molecule has 1 aromatic rings. The zero-order chi connectivity index (χ0) is 12.7. The van der Waals surface area contributed by atoms with Crippen molar-refractivity contribution < 1.29 is 4.79 Å². The van der Waals surface area contributed by atoms with E-state index < -0.39 is 0 Å². The van der Waals surface area contributed by atoms with Gasteiger partial charge in [-0.05, 0) is 51.3 Å². The highest BCUT2D eigenvalue weighted by atomic mass is 16.1. The molecule has 1 amide bonds. The largest absolute Gasteiger partial charge is 0.385 e. The Morgan fingerprint density at radius 2 is 1.76 bits per heavy atom. The summed E-state index contributed by atoms with van der Waals surface area (Å²) in [6.45, 7) is 3.54. The number of rotatable bonds is 6. The van der Waals surface area contributed by atoms with Gasteiger partial charge in [0.25, 0.3) is 0 Å². The van der Waals surface area contributed by atoms with Crippen molar-refractivity contribution >= 4 is 17.3 Å². The minimum absolute atomic E-state index is 0.0447. The molecule has 0 atom stereocenters. The smallest absolute Gasteiger partial charge is 0.221 e. The number of nitrogens with one attached hydrogen (secondary N) is 2. The van der Waals surface area contributed by atoms with E-state index in [9.17, 15) is 4.79 Å². The number of carbonyl (C=O) groups is 1. The van der Waals surface area contributed by atoms with Gasteiger partial charge < -0.3 is 15.5 Å². The molecule has 0 radical (unpaired) electrons. The van der Waals surface area contributed by atoms with E-state index >= 15 is 0 Å². The topological polar surface area (TPSA) is 44.4 Å². The highest BCUT2D eigenvalue weighted by molar-refractivity contribution is 5.88. The van der Waals surface area contributed by atoms with Crippen LogP contribution in [0.15, 0.2) is 24.3 Å². The third-order valence-electron chi connectivity index (χ3n) is 2.32. The standard InChI is InChI=1S/C13H21N3O/c1-11(17)15-13-7-5-12(6-8-13)14-9-4-10-16(2)3/h5-8,14H,4,9-10H2,1-3H3,(H,15,17). The summed E-state index contributed by atoms with van der Waals surface area (Å²) in [5.41, 5.74) is 1.91. The molecule has 0 fully saturated rings. The molecular formula is C13H21N3O. The van der Waals surface area contributed by atoms with Crippen LogP contribution in [0.3, 0.4) is 0 Å². The molecule has 0 unspecified atom stereocenters. The number of benzene rings is 1. The lowest BCUT2D eigenvalue weighted by molar-refractivity contribution is -0.114. The SMILES string of the molecule is CC(=O)Nc1ccc(NCCCN(C)C)cc1. The summed E-state index contributed by atoms with van der Waals surface area (Å²) in [6.07, 6.45) is 1.11. The number of carbonyl (C=O) groups excluding carboxylic acids is 1. The van der Waals surface area contributed by atoms with Gasteiger partial charge in [0, 0.05) is 24.8 Å². The lowest BCUT2D eigenvalue weighted by atomic mass is 10.2. The van der Waals surface area contributed by atoms with Crippen molar-refractivity contribution in [2.24, 2.45) is 0 Å². The van der Waals surface area contributed by atoms with Gasteiger partial charge in [-0.15, -0.1) is 0 Å². The summed E-state index contributed by atoms with van der Waals surface area (Å²) >= 11 is 0. The third-order valence-corrected chi connectivity index (χ3v) is 2.32. The predicted molar refractivity (Wildman–Crippen MR) is 72.4 cm³/mol. The minimum Gasteiger partial charge on any atom is -0.385 e. The first kappa shape index (κ1) is 13.5. The van der Waals surface area contributed by atoms with Crippen LogP contribution >= 0.6 is 0 Å². The molecule has 1 aromatic carbocycles. The van der Waals surface area contributed by atoms with Gasteiger partial charge in [-0.3, -0.25) is 4.79 Å². The molecule has 1 rings (SSSR count). The van der Waals surface area contributed by atoms with Crippen molar-refractivity contribution in [3.8, 4) is 0 Å². The van der Waals surface area contributed by atoms with Crippen molar-refractivity contribution in [3.63, 3.8) is 0 Å². The van der Waals surface area contributed by atoms with E-state index in [-0.39, 0.29) is 5.91 Å². The normalized spacial score (nSPS) is 10.4. The third kappa shape index (κ3) is 5.92. The maximum Gasteiger partial charge on any atom is 0.221 e. The summed E-state index contributed by atoms with van der Waals surface area (Å²) in [5.74, 6) is -0.0447. The molecular weight excluding hydrogens is 214 g/mol. The van der Waals surface area contributed by atoms with Gasteiger partial charge in [-0.2, -0.15) is 0 Å². The van der Waals surface area contributed by atoms with E-state index in [0.717, 1.165) is 30.9 Å². The first-order valence-corrected chi connectivity index (χ1v) is 5.84. The predicted octanol–water partition coefficient (Wildman–Crippen LogP) is 2.01. The van der Waals surface area contributed by atoms with Gasteiger partial charge in [0.1, 0.15) is 0 Å². The summed E-state index contributed by atoms with van der Waals surface area (Å²) in [7, 11) is 4.14. The fourth-order valence-corrected chi connectivity index (χ4v) is 1.50. The summed E-state index contributed by atoms with van der Waals surface area (Å²) in [5, 5.41) is 6.08. The Hall–Kier alpha value is -1.55. The lowest BCUT2D eigenvalue weighted by Gasteiger charge is -2.11. The molecule has 0 spiro atoms. The summed E-state index contributed by atoms with van der Waals surface area (Å²) < 4.78 is 0. The maximum absolute atomic E-state index is 10.8. The Labute approximate surface area is 103 Å². The molecule has 0 aromatic heterocycles. The van der Waals surface area contributed by atoms with Gasteiger partial charge in [-0.1, -0.05) is 0 Å². The monoisotopic (exact) mass is 235 g/mol. The van der Waals surface area contributed by atoms with Crippen LogP contribution in [0.25, 0.3) is 0 Å². The highest BCUT2D eigenvalue weighted by Gasteiger charge is 1.96. The second kappa shape index (κ2) is 6.91. The van der Waals surface area contributed by atoms with Crippen LogP contribution in [0, 0.1) is 0 Å². The Morgan fingerprint density at radius 1 is 1.18 bits per heavy atom. The van der Waals surface area contributed by atoms with Crippen molar-refractivity contribution in [1.82, 2.24) is 4.90 Å². The first-order chi connectivity index (χ1) is 8.08. The molecule has 0 bridgehead atoms. The van der Waals surface area contributed by atoms with Crippen LogP contribution in [0.2, 0.25) is 0 Å². The van der Waals surface area contributed by atoms with Crippen LogP contribution < -0.4 is 10.6 Å². The average molecular weight is 235 g/mol. The molecule has 17 heavy (non-hydrogen) atoms. The number of amides is 1. The van der Waals surface area contributed by atoms with E-state index in [2.05, 4.69) is 29.6 Å². The van der Waals surface area contributed by atoms with Gasteiger partial charge in [0.15, 0.2) is 0 Å². The molecule has 4 heteroatoms. The maximum atomic E-state index is 10.8. The molecule has 0 saturated heterocycles. The zero-order valence-corrected chi connectivity index (χ0v) is 10.8. The Bertz CT molecular complexity index is 346. The lowest BCUT2D eigenvalue weighted by Crippen LogP contribution is -2.16. The molecule has 0 aliphatic carbocycles. The van der Waals surface area contributed by atoms with Crippen molar-refractivity contribution in [2.45, 2.75) is 13.3 Å². The highest BCUT2D eigenvalue weighted by Crippen LogP contribution is 2.13. The molecule has 0 saturated carbocycles. The van der Waals surface area contributed by atoms with Crippen LogP contribution in [0.5, 0.6) is 0 Å². The zero-order valence-electron chi connectivity index (χ0n) is 10.8. The fraction of sp³-hybridized carbons (Fsp3) is 0.462. The van der Waals surface area contributed by atoms with E-state index in [4.69, 9.17) is 0 Å². The van der Waals surface area contributed by atoms with Crippen molar-refractivity contribution in [2.75, 3.05) is 37.8 Å². The molecule has 2 N–H and O–H groups in total. The number of hydrogen-bond acceptors (Lipinski definition) is 3. The Balaban J connectivity index is 2.32. The second-order valence-corrected chi connectivity index (χ2v) is 4.34. The Kier molecular flexibility index (Phi) is 5.49. The molecule has 0 heterocycles. The molecule has 94 valence electrons. The fourth-order valence-electron chi connectivity index (χ4n) is 1.50. The van der Waals surface area contributed by atoms with E-state index in [1.165, 1.54) is 6.92 Å². The number of nitrogens with zero attached hydrogens (tertiary/aromatic N) is 1. The van der Waals surface area contributed by atoms with Crippen molar-refractivity contribution in [1.29, 1.82) is 0 Å². The van der Waals surface area contributed by atoms with Gasteiger partial charge in [0.2, 0.25) is 5.91 Å². The van der Waals surface area contributed by atoms with Gasteiger partial charge in [-0.25, -0.2) is 0 Å². The second-order valence-electron chi connectivity index (χ2n) is 4.34. The molecule has 0 aliphatic rings. The number of hydrogen-bond donors (Lipinski definition) is 2. The van der Waals surface area contributed by atoms with E-state index in [1.54, 1.807) is 0 Å². The van der Waals surface area contributed by atoms with Crippen LogP contribution in [0.4, 0.5) is 11.4 Å². The summed E-state index contributed by atoms with van der Waals surface area (Å²) in [4.78, 5) is 13.0. The quantitative estimate of drug-likeness (QED) is 0.741. The average Bonchev–Trinajstić information content (AvgIpc) is 2.25. The van der Waals surface area contributed by atoms with Gasteiger partial charge >= 0.3 is 0 Å². The molecule has 0 aliphatic heterocycles. The van der Waals surface area contributed by atoms with Crippen LogP contribution in [-0.4, -0.2) is 38.0 Å². The Morgan fingerprint density at radius 3 is 2.29 bits per heavy atom. The minimum atomic E-state index is -0.0447. The van der Waals surface area contributed by atoms with Crippen LogP contribution in [0.1, 0.15) is 13.3 Å². The first-order valence-electron chi connectivity index (χ1n) is 5.84. The van der Waals surface area contributed by atoms with E-state index in [0.29, 0.717) is 0 Å². The molecule has 4 nitrogen and oxygen atoms in total.